The van der Waals surface area contributed by atoms with E-state index in [4.69, 9.17) is 0 Å². The van der Waals surface area contributed by atoms with Gasteiger partial charge in [-0.05, 0) is 49.4 Å². The average Bonchev–Trinajstić information content (AvgIpc) is 3.06. The van der Waals surface area contributed by atoms with Gasteiger partial charge in [0.1, 0.15) is 5.82 Å². The van der Waals surface area contributed by atoms with E-state index >= 15 is 0 Å². The largest absolute Gasteiger partial charge is 0.339 e. The molecule has 0 radical (unpaired) electrons. The number of para-hydroxylation sites is 2. The highest BCUT2D eigenvalue weighted by molar-refractivity contribution is 5.97. The van der Waals surface area contributed by atoms with Gasteiger partial charge in [0.2, 0.25) is 0 Å². The predicted molar refractivity (Wildman–Crippen MR) is 117 cm³/mol. The van der Waals surface area contributed by atoms with Crippen LogP contribution in [0.1, 0.15) is 12.5 Å². The minimum absolute atomic E-state index is 0.839. The Hall–Kier alpha value is -3.59. The fraction of sp³-hybridized carbons (Fsp3) is 0.0417. The van der Waals surface area contributed by atoms with Crippen molar-refractivity contribution in [3.05, 3.63) is 91.0 Å². The molecule has 0 unspecified atom stereocenters. The minimum atomic E-state index is 0.839. The number of nitrogens with zero attached hydrogens (tertiary/aromatic N) is 2. The van der Waals surface area contributed by atoms with Crippen LogP contribution in [0.3, 0.4) is 0 Å². The second-order valence-electron chi connectivity index (χ2n) is 6.22. The molecule has 27 heavy (non-hydrogen) atoms. The second kappa shape index (κ2) is 7.34. The molecule has 0 saturated carbocycles. The van der Waals surface area contributed by atoms with Crippen molar-refractivity contribution in [2.45, 2.75) is 6.92 Å². The van der Waals surface area contributed by atoms with Crippen LogP contribution in [-0.4, -0.2) is 11.2 Å². The van der Waals surface area contributed by atoms with Crippen LogP contribution in [0, 0.1) is 0 Å². The third-order valence-electron chi connectivity index (χ3n) is 4.55. The lowest BCUT2D eigenvalue weighted by Gasteiger charge is -2.25. The van der Waals surface area contributed by atoms with Gasteiger partial charge in [-0.1, -0.05) is 49.1 Å². The number of hydrogen-bond acceptors (Lipinski definition) is 2. The molecular weight excluding hydrogens is 330 g/mol. The number of rotatable bonds is 5. The number of H-pyrrole nitrogens is 1. The molecule has 0 aliphatic heterocycles. The first-order valence-electron chi connectivity index (χ1n) is 8.99. The number of fused-ring (bicyclic) bond motifs is 1. The van der Waals surface area contributed by atoms with Crippen molar-refractivity contribution in [1.82, 2.24) is 4.98 Å². The molecule has 1 aromatic heterocycles. The van der Waals surface area contributed by atoms with Gasteiger partial charge in [-0.15, -0.1) is 0 Å². The van der Waals surface area contributed by atoms with Crippen molar-refractivity contribution >= 4 is 46.1 Å². The molecule has 0 fully saturated rings. The maximum atomic E-state index is 4.44. The normalized spacial score (nSPS) is 11.1. The number of benzene rings is 3. The van der Waals surface area contributed by atoms with Crippen molar-refractivity contribution < 1.29 is 0 Å². The summed E-state index contributed by atoms with van der Waals surface area (Å²) in [6.45, 7) is 5.89. The monoisotopic (exact) mass is 351 g/mol. The average molecular weight is 351 g/mol. The lowest BCUT2D eigenvalue weighted by atomic mass is 10.1. The van der Waals surface area contributed by atoms with E-state index in [9.17, 15) is 0 Å². The van der Waals surface area contributed by atoms with Crippen molar-refractivity contribution in [3.63, 3.8) is 0 Å². The second-order valence-corrected chi connectivity index (χ2v) is 6.22. The lowest BCUT2D eigenvalue weighted by molar-refractivity contribution is 1.29. The Morgan fingerprint density at radius 2 is 1.48 bits per heavy atom. The molecular formula is C24H21N3. The Kier molecular flexibility index (Phi) is 4.58. The van der Waals surface area contributed by atoms with E-state index in [0.717, 1.165) is 39.3 Å². The SMILES string of the molecule is C=Cc1c(/N=C\C)[nH]c2ccc(N(c3ccccc3)c3ccccc3)cc12. The van der Waals surface area contributed by atoms with E-state index in [1.54, 1.807) is 6.21 Å². The smallest absolute Gasteiger partial charge is 0.137 e. The molecule has 1 N–H and O–H groups in total. The van der Waals surface area contributed by atoms with Crippen LogP contribution >= 0.6 is 0 Å². The van der Waals surface area contributed by atoms with Crippen LogP contribution in [0.15, 0.2) is 90.4 Å². The lowest BCUT2D eigenvalue weighted by Crippen LogP contribution is -2.09. The Morgan fingerprint density at radius 3 is 2.04 bits per heavy atom. The minimum Gasteiger partial charge on any atom is -0.339 e. The third-order valence-corrected chi connectivity index (χ3v) is 4.55. The van der Waals surface area contributed by atoms with Gasteiger partial charge in [0.05, 0.1) is 0 Å². The van der Waals surface area contributed by atoms with Gasteiger partial charge < -0.3 is 9.88 Å². The summed E-state index contributed by atoms with van der Waals surface area (Å²) >= 11 is 0. The number of hydrogen-bond donors (Lipinski definition) is 1. The highest BCUT2D eigenvalue weighted by Crippen LogP contribution is 2.38. The first-order chi connectivity index (χ1) is 13.3. The van der Waals surface area contributed by atoms with Crippen molar-refractivity contribution in [3.8, 4) is 0 Å². The van der Waals surface area contributed by atoms with Crippen LogP contribution in [0.5, 0.6) is 0 Å². The Labute approximate surface area is 159 Å². The maximum absolute atomic E-state index is 4.44. The van der Waals surface area contributed by atoms with Crippen LogP contribution in [-0.2, 0) is 0 Å². The molecule has 4 rings (SSSR count). The molecule has 3 nitrogen and oxygen atoms in total. The van der Waals surface area contributed by atoms with Gasteiger partial charge >= 0.3 is 0 Å². The summed E-state index contributed by atoms with van der Waals surface area (Å²) in [5.74, 6) is 0.839. The number of aromatic nitrogens is 1. The van der Waals surface area contributed by atoms with E-state index < -0.39 is 0 Å². The molecule has 0 bridgehead atoms. The summed E-state index contributed by atoms with van der Waals surface area (Å²) in [4.78, 5) is 10.1. The van der Waals surface area contributed by atoms with Gasteiger partial charge in [-0.2, -0.15) is 0 Å². The quantitative estimate of drug-likeness (QED) is 0.385. The summed E-state index contributed by atoms with van der Waals surface area (Å²) in [7, 11) is 0. The molecule has 3 heteroatoms. The molecule has 0 spiro atoms. The molecule has 0 amide bonds. The summed E-state index contributed by atoms with van der Waals surface area (Å²) in [5, 5.41) is 1.11. The van der Waals surface area contributed by atoms with E-state index in [2.05, 4.69) is 88.2 Å². The van der Waals surface area contributed by atoms with E-state index in [-0.39, 0.29) is 0 Å². The maximum Gasteiger partial charge on any atom is 0.137 e. The van der Waals surface area contributed by atoms with Gasteiger partial charge in [0, 0.05) is 39.7 Å². The first kappa shape index (κ1) is 16.9. The van der Waals surface area contributed by atoms with Crippen molar-refractivity contribution in [2.75, 3.05) is 4.90 Å². The Balaban J connectivity index is 1.92. The molecule has 0 saturated heterocycles. The summed E-state index contributed by atoms with van der Waals surface area (Å²) in [6.07, 6.45) is 3.65. The van der Waals surface area contributed by atoms with E-state index in [0.29, 0.717) is 0 Å². The van der Waals surface area contributed by atoms with Crippen LogP contribution in [0.2, 0.25) is 0 Å². The van der Waals surface area contributed by atoms with Gasteiger partial charge in [0.25, 0.3) is 0 Å². The van der Waals surface area contributed by atoms with Gasteiger partial charge in [0.15, 0.2) is 0 Å². The molecule has 3 aromatic carbocycles. The Bertz CT molecular complexity index is 1050. The fourth-order valence-corrected chi connectivity index (χ4v) is 3.36. The zero-order valence-electron chi connectivity index (χ0n) is 15.3. The van der Waals surface area contributed by atoms with Crippen LogP contribution in [0.25, 0.3) is 17.0 Å². The number of anilines is 3. The van der Waals surface area contributed by atoms with E-state index in [1.165, 1.54) is 0 Å². The Morgan fingerprint density at radius 1 is 0.852 bits per heavy atom. The predicted octanol–water partition coefficient (Wildman–Crippen LogP) is 7.00. The van der Waals surface area contributed by atoms with E-state index in [1.807, 2.05) is 25.1 Å². The first-order valence-corrected chi connectivity index (χ1v) is 8.99. The zero-order valence-corrected chi connectivity index (χ0v) is 15.3. The molecule has 132 valence electrons. The molecule has 4 aromatic rings. The number of aliphatic imine (C=N–C) groups is 1. The summed E-state index contributed by atoms with van der Waals surface area (Å²) in [5.41, 5.74) is 5.39. The third kappa shape index (κ3) is 3.15. The highest BCUT2D eigenvalue weighted by atomic mass is 15.1. The van der Waals surface area contributed by atoms with Crippen molar-refractivity contribution in [2.24, 2.45) is 4.99 Å². The molecule has 0 atom stereocenters. The topological polar surface area (TPSA) is 31.4 Å². The van der Waals surface area contributed by atoms with Crippen molar-refractivity contribution in [1.29, 1.82) is 0 Å². The highest BCUT2D eigenvalue weighted by Gasteiger charge is 2.15. The van der Waals surface area contributed by atoms with Gasteiger partial charge in [-0.25, -0.2) is 4.99 Å². The summed E-state index contributed by atoms with van der Waals surface area (Å²) in [6, 6.07) is 27.2. The molecule has 0 aliphatic rings. The zero-order chi connectivity index (χ0) is 18.6. The molecule has 0 aliphatic carbocycles. The summed E-state index contributed by atoms with van der Waals surface area (Å²) < 4.78 is 0. The fourth-order valence-electron chi connectivity index (χ4n) is 3.36. The van der Waals surface area contributed by atoms with Crippen LogP contribution in [0.4, 0.5) is 22.9 Å². The van der Waals surface area contributed by atoms with Gasteiger partial charge in [-0.3, -0.25) is 0 Å². The number of nitrogens with one attached hydrogen (secondary N) is 1. The van der Waals surface area contributed by atoms with Crippen LogP contribution < -0.4 is 4.90 Å². The standard InChI is InChI=1S/C24H21N3/c1-3-21-22-17-20(15-16-23(22)26-24(21)25-4-2)27(18-11-7-5-8-12-18)19-13-9-6-10-14-19/h3-17,26H,1H2,2H3/b25-4-. The molecule has 1 heterocycles. The number of aromatic amines is 1.